The molecule has 5 saturated heterocycles. The van der Waals surface area contributed by atoms with Crippen molar-refractivity contribution in [2.24, 2.45) is 11.5 Å². The molecule has 0 unspecified atom stereocenters. The van der Waals surface area contributed by atoms with Crippen LogP contribution in [0.5, 0.6) is 0 Å². The van der Waals surface area contributed by atoms with Crippen LogP contribution in [0.4, 0.5) is 0 Å². The van der Waals surface area contributed by atoms with Gasteiger partial charge >= 0.3 is 5.97 Å². The lowest BCUT2D eigenvalue weighted by Crippen LogP contribution is -2.56. The second kappa shape index (κ2) is 21.9. The van der Waals surface area contributed by atoms with Crippen molar-refractivity contribution in [3.8, 4) is 0 Å². The zero-order chi connectivity index (χ0) is 44.2. The van der Waals surface area contributed by atoms with E-state index in [0.717, 1.165) is 0 Å². The molecule has 5 rings (SSSR count). The zero-order valence-electron chi connectivity index (χ0n) is 34.6. The maximum Gasteiger partial charge on any atom is 0.322 e. The van der Waals surface area contributed by atoms with Crippen LogP contribution in [0.3, 0.4) is 0 Å². The monoisotopic (exact) mass is 859 g/mol. The highest BCUT2D eigenvalue weighted by molar-refractivity contribution is 5.97. The molecule has 0 aromatic heterocycles. The first kappa shape index (κ1) is 46.7. The van der Waals surface area contributed by atoms with Crippen LogP contribution in [-0.2, 0) is 47.9 Å². The molecule has 0 aromatic rings. The fourth-order valence-corrected chi connectivity index (χ4v) is 9.17. The summed E-state index contributed by atoms with van der Waals surface area (Å²) >= 11 is 0. The number of amides is 9. The smallest absolute Gasteiger partial charge is 0.322 e. The normalized spacial score (nSPS) is 24.1. The van der Waals surface area contributed by atoms with Gasteiger partial charge in [0.25, 0.3) is 0 Å². The molecule has 6 atom stereocenters. The minimum atomic E-state index is -1.21. The van der Waals surface area contributed by atoms with E-state index in [9.17, 15) is 47.9 Å². The summed E-state index contributed by atoms with van der Waals surface area (Å²) in [5.74, 6) is -5.59. The van der Waals surface area contributed by atoms with E-state index in [0.29, 0.717) is 96.7 Å². The summed E-state index contributed by atoms with van der Waals surface area (Å²) in [6, 6.07) is -5.19. The van der Waals surface area contributed by atoms with Crippen molar-refractivity contribution in [3.05, 3.63) is 0 Å². The maximum absolute atomic E-state index is 13.9. The van der Waals surface area contributed by atoms with Gasteiger partial charge in [-0.05, 0) is 90.0 Å². The molecule has 5 fully saturated rings. The topological polar surface area (TPSA) is 307 Å². The zero-order valence-corrected chi connectivity index (χ0v) is 34.6. The number of carbonyl (C=O) groups excluding carboxylic acids is 9. The molecule has 338 valence electrons. The molecule has 0 aliphatic carbocycles. The molecule has 5 aliphatic heterocycles. The fourth-order valence-electron chi connectivity index (χ4n) is 9.17. The van der Waals surface area contributed by atoms with E-state index >= 15 is 0 Å². The standard InChI is InChI=1S/C39H61N11O11/c40-14-2-1-8-24(45-37(59)27-11-3-15-46(27)30(51)20-41)34(56)42-21-31(52)47-16-6-12-28(47)38(60)49-18-4-9-25(49)35(57)43-22-32(53)48-17-7-13-29(48)39(61)50-19-5-10-26(50)36(58)44-23-33(54)55/h24-29H,1-23,40-41H2,(H,42,56)(H,43,57)(H,44,58)(H,45,59)(H,54,55)/t24-,25-,26-,27-,28-,29-/m0/s1. The molecule has 0 radical (unpaired) electrons. The lowest BCUT2D eigenvalue weighted by Gasteiger charge is -2.32. The number of carboxylic acid groups (broad SMARTS) is 1. The Morgan fingerprint density at radius 2 is 0.918 bits per heavy atom. The minimum absolute atomic E-state index is 0.241. The summed E-state index contributed by atoms with van der Waals surface area (Å²) < 4.78 is 0. The predicted molar refractivity (Wildman–Crippen MR) is 214 cm³/mol. The summed E-state index contributed by atoms with van der Waals surface area (Å²) in [6.45, 7) is 0.185. The SMILES string of the molecule is NCCCC[C@H](NC(=O)[C@@H]1CCCN1C(=O)CN)C(=O)NCC(=O)N1CCC[C@H]1C(=O)N1CCC[C@H]1C(=O)NCC(=O)N1CCC[C@H]1C(=O)N1CCC[C@H]1C(=O)NCC(=O)O. The highest BCUT2D eigenvalue weighted by Crippen LogP contribution is 2.27. The van der Waals surface area contributed by atoms with Gasteiger partial charge in [0, 0.05) is 32.7 Å². The van der Waals surface area contributed by atoms with E-state index in [2.05, 4.69) is 21.3 Å². The third-order valence-electron chi connectivity index (χ3n) is 12.3. The van der Waals surface area contributed by atoms with Crippen LogP contribution in [0.25, 0.3) is 0 Å². The Labute approximate surface area is 354 Å². The number of carbonyl (C=O) groups is 10. The lowest BCUT2D eigenvalue weighted by atomic mass is 10.1. The van der Waals surface area contributed by atoms with Gasteiger partial charge in [-0.3, -0.25) is 47.9 Å². The number of rotatable bonds is 18. The molecule has 0 bridgehead atoms. The van der Waals surface area contributed by atoms with Crippen molar-refractivity contribution in [2.75, 3.05) is 65.4 Å². The van der Waals surface area contributed by atoms with Crippen molar-refractivity contribution in [3.63, 3.8) is 0 Å². The third-order valence-corrected chi connectivity index (χ3v) is 12.3. The molecule has 0 spiro atoms. The summed E-state index contributed by atoms with van der Waals surface area (Å²) in [7, 11) is 0. The number of hydrogen-bond acceptors (Lipinski definition) is 12. The fraction of sp³-hybridized carbons (Fsp3) is 0.744. The van der Waals surface area contributed by atoms with Crippen LogP contribution in [0.15, 0.2) is 0 Å². The van der Waals surface area contributed by atoms with Crippen molar-refractivity contribution in [1.29, 1.82) is 0 Å². The van der Waals surface area contributed by atoms with Crippen LogP contribution >= 0.6 is 0 Å². The van der Waals surface area contributed by atoms with Gasteiger partial charge in [-0.2, -0.15) is 0 Å². The second-order valence-electron chi connectivity index (χ2n) is 16.2. The Bertz CT molecular complexity index is 1700. The van der Waals surface area contributed by atoms with Crippen molar-refractivity contribution in [1.82, 2.24) is 45.8 Å². The van der Waals surface area contributed by atoms with Crippen LogP contribution in [0.1, 0.15) is 83.5 Å². The number of nitrogens with zero attached hydrogens (tertiary/aromatic N) is 5. The molecule has 5 heterocycles. The van der Waals surface area contributed by atoms with Gasteiger partial charge in [-0.15, -0.1) is 0 Å². The average molecular weight is 860 g/mol. The largest absolute Gasteiger partial charge is 0.480 e. The number of hydrogen-bond donors (Lipinski definition) is 7. The first-order valence-electron chi connectivity index (χ1n) is 21.5. The highest BCUT2D eigenvalue weighted by atomic mass is 16.4. The van der Waals surface area contributed by atoms with E-state index in [-0.39, 0.29) is 38.5 Å². The van der Waals surface area contributed by atoms with E-state index in [1.165, 1.54) is 24.5 Å². The van der Waals surface area contributed by atoms with E-state index < -0.39 is 109 Å². The first-order chi connectivity index (χ1) is 29.3. The molecule has 9 amide bonds. The molecule has 61 heavy (non-hydrogen) atoms. The molecule has 5 aliphatic rings. The van der Waals surface area contributed by atoms with Crippen molar-refractivity contribution in [2.45, 2.75) is 120 Å². The Morgan fingerprint density at radius 3 is 1.38 bits per heavy atom. The van der Waals surface area contributed by atoms with Crippen LogP contribution in [0.2, 0.25) is 0 Å². The third kappa shape index (κ3) is 11.5. The van der Waals surface area contributed by atoms with Gasteiger partial charge in [-0.25, -0.2) is 0 Å². The number of likely N-dealkylation sites (tertiary alicyclic amines) is 5. The molecular formula is C39H61N11O11. The van der Waals surface area contributed by atoms with Crippen molar-refractivity contribution < 1.29 is 53.1 Å². The van der Waals surface area contributed by atoms with E-state index in [1.54, 1.807) is 0 Å². The molecule has 9 N–H and O–H groups in total. The van der Waals surface area contributed by atoms with Gasteiger partial charge in [0.2, 0.25) is 53.2 Å². The molecule has 0 aromatic carbocycles. The van der Waals surface area contributed by atoms with Gasteiger partial charge in [0.05, 0.1) is 19.6 Å². The molecule has 22 nitrogen and oxygen atoms in total. The van der Waals surface area contributed by atoms with E-state index in [1.807, 2.05) is 0 Å². The number of nitrogens with one attached hydrogen (secondary N) is 4. The Hall–Kier alpha value is -5.38. The number of unbranched alkanes of at least 4 members (excludes halogenated alkanes) is 1. The lowest BCUT2D eigenvalue weighted by molar-refractivity contribution is -0.148. The van der Waals surface area contributed by atoms with Crippen LogP contribution < -0.4 is 32.7 Å². The number of carboxylic acids is 1. The maximum atomic E-state index is 13.9. The molecular weight excluding hydrogens is 798 g/mol. The molecule has 0 saturated carbocycles. The summed E-state index contributed by atoms with van der Waals surface area (Å²) in [4.78, 5) is 137. The van der Waals surface area contributed by atoms with Crippen LogP contribution in [0, 0.1) is 0 Å². The van der Waals surface area contributed by atoms with Gasteiger partial charge in [-0.1, -0.05) is 0 Å². The van der Waals surface area contributed by atoms with Crippen molar-refractivity contribution >= 4 is 59.1 Å². The Kier molecular flexibility index (Phi) is 16.8. The highest BCUT2D eigenvalue weighted by Gasteiger charge is 2.44. The van der Waals surface area contributed by atoms with Gasteiger partial charge in [0.1, 0.15) is 42.8 Å². The summed E-state index contributed by atoms with van der Waals surface area (Å²) in [5.41, 5.74) is 11.2. The van der Waals surface area contributed by atoms with Gasteiger partial charge in [0.15, 0.2) is 0 Å². The number of aliphatic carboxylic acids is 1. The van der Waals surface area contributed by atoms with Crippen LogP contribution in [-0.4, -0.2) is 190 Å². The van der Waals surface area contributed by atoms with E-state index in [4.69, 9.17) is 16.6 Å². The first-order valence-corrected chi connectivity index (χ1v) is 21.5. The average Bonchev–Trinajstić information content (AvgIpc) is 4.11. The predicted octanol–water partition coefficient (Wildman–Crippen LogP) is -4.05. The minimum Gasteiger partial charge on any atom is -0.480 e. The van der Waals surface area contributed by atoms with Gasteiger partial charge < -0.3 is 62.3 Å². The summed E-state index contributed by atoms with van der Waals surface area (Å²) in [5, 5.41) is 19.2. The second-order valence-corrected chi connectivity index (χ2v) is 16.2. The number of nitrogens with two attached hydrogens (primary N) is 2. The quantitative estimate of drug-likeness (QED) is 0.0647. The summed E-state index contributed by atoms with van der Waals surface area (Å²) in [6.07, 6.45) is 5.98. The molecule has 22 heteroatoms. The Morgan fingerprint density at radius 1 is 0.508 bits per heavy atom. The Balaban J connectivity index is 1.12.